The van der Waals surface area contributed by atoms with Crippen molar-refractivity contribution in [1.29, 1.82) is 0 Å². The first-order valence-electron chi connectivity index (χ1n) is 7.63. The van der Waals surface area contributed by atoms with E-state index >= 15 is 0 Å². The number of carbonyl (C=O) groups is 3. The fourth-order valence-corrected chi connectivity index (χ4v) is 2.81. The van der Waals surface area contributed by atoms with Crippen molar-refractivity contribution in [3.8, 4) is 0 Å². The Balaban J connectivity index is 2.41. The van der Waals surface area contributed by atoms with Gasteiger partial charge in [0.2, 0.25) is 0 Å². The summed E-state index contributed by atoms with van der Waals surface area (Å²) in [7, 11) is 0. The van der Waals surface area contributed by atoms with E-state index in [0.717, 1.165) is 0 Å². The average Bonchev–Trinajstić information content (AvgIpc) is 2.82. The van der Waals surface area contributed by atoms with Gasteiger partial charge in [-0.3, -0.25) is 28.7 Å². The van der Waals surface area contributed by atoms with Gasteiger partial charge in [0.05, 0.1) is 0 Å². The van der Waals surface area contributed by atoms with Gasteiger partial charge in [0.15, 0.2) is 23.2 Å². The number of aromatic nitrogens is 2. The molecule has 142 valence electrons. The molecule has 1 aromatic rings. The molecular formula is C15H18N2O8S. The van der Waals surface area contributed by atoms with Crippen LogP contribution in [0.5, 0.6) is 0 Å². The van der Waals surface area contributed by atoms with Gasteiger partial charge in [0, 0.05) is 33.0 Å². The van der Waals surface area contributed by atoms with E-state index < -0.39 is 48.0 Å². The molecule has 10 nitrogen and oxygen atoms in total. The molecule has 1 aliphatic heterocycles. The molecule has 1 N–H and O–H groups in total. The van der Waals surface area contributed by atoms with Crippen molar-refractivity contribution in [1.82, 2.24) is 9.55 Å². The average molecular weight is 386 g/mol. The highest BCUT2D eigenvalue weighted by Gasteiger charge is 2.50. The number of H-pyrrole nitrogens is 1. The summed E-state index contributed by atoms with van der Waals surface area (Å²) in [6, 6.07) is 1.21. The monoisotopic (exact) mass is 386 g/mol. The van der Waals surface area contributed by atoms with Crippen LogP contribution in [0.3, 0.4) is 0 Å². The molecule has 0 amide bonds. The van der Waals surface area contributed by atoms with Gasteiger partial charge in [-0.25, -0.2) is 0 Å². The lowest BCUT2D eigenvalue weighted by Crippen LogP contribution is -2.40. The van der Waals surface area contributed by atoms with Crippen LogP contribution in [0.25, 0.3) is 0 Å². The van der Waals surface area contributed by atoms with E-state index in [4.69, 9.17) is 31.2 Å². The summed E-state index contributed by atoms with van der Waals surface area (Å²) < 4.78 is 22.6. The lowest BCUT2D eigenvalue weighted by molar-refractivity contribution is -0.166. The fourth-order valence-electron chi connectivity index (χ4n) is 2.54. The van der Waals surface area contributed by atoms with Gasteiger partial charge < -0.3 is 18.9 Å². The molecule has 0 aliphatic carbocycles. The van der Waals surface area contributed by atoms with Crippen LogP contribution < -0.4 is 5.56 Å². The quantitative estimate of drug-likeness (QED) is 0.430. The standard InChI is InChI=1S/C15H18N2O8S/c1-7(18)22-6-10-12(23-8(2)19)13(24-9(3)20)14(25-10)17-5-4-11(21)16-15(17)26/h4-5,10,12-14H,6H2,1-3H3,(H,16,21,26)/t10-,12?,13+,14-/m1/s1. The zero-order valence-corrected chi connectivity index (χ0v) is 15.1. The van der Waals surface area contributed by atoms with Gasteiger partial charge in [-0.1, -0.05) is 0 Å². The summed E-state index contributed by atoms with van der Waals surface area (Å²) in [6.07, 6.45) is -2.62. The highest BCUT2D eigenvalue weighted by Crippen LogP contribution is 2.34. The number of esters is 3. The van der Waals surface area contributed by atoms with E-state index in [1.54, 1.807) is 0 Å². The fraction of sp³-hybridized carbons (Fsp3) is 0.533. The number of hydrogen-bond donors (Lipinski definition) is 1. The van der Waals surface area contributed by atoms with Gasteiger partial charge in [0.25, 0.3) is 5.56 Å². The van der Waals surface area contributed by atoms with Crippen molar-refractivity contribution >= 4 is 30.1 Å². The highest BCUT2D eigenvalue weighted by molar-refractivity contribution is 7.71. The normalized spacial score (nSPS) is 24.7. The number of hydrogen-bond acceptors (Lipinski definition) is 9. The molecule has 1 aliphatic rings. The van der Waals surface area contributed by atoms with Crippen LogP contribution in [-0.2, 0) is 33.3 Å². The molecule has 1 unspecified atom stereocenters. The maximum atomic E-state index is 11.5. The van der Waals surface area contributed by atoms with Crippen molar-refractivity contribution in [2.75, 3.05) is 6.61 Å². The largest absolute Gasteiger partial charge is 0.463 e. The maximum absolute atomic E-state index is 11.5. The van der Waals surface area contributed by atoms with Crippen LogP contribution in [0.1, 0.15) is 27.0 Å². The molecular weight excluding hydrogens is 368 g/mol. The summed E-state index contributed by atoms with van der Waals surface area (Å²) in [5.41, 5.74) is -0.415. The Bertz CT molecular complexity index is 816. The molecule has 0 spiro atoms. The Kier molecular flexibility index (Phi) is 6.27. The molecule has 26 heavy (non-hydrogen) atoms. The van der Waals surface area contributed by atoms with E-state index in [9.17, 15) is 19.2 Å². The Hall–Kier alpha value is -2.53. The third-order valence-electron chi connectivity index (χ3n) is 3.47. The minimum atomic E-state index is -1.06. The van der Waals surface area contributed by atoms with Crippen LogP contribution in [0, 0.1) is 4.77 Å². The third kappa shape index (κ3) is 4.76. The second-order valence-electron chi connectivity index (χ2n) is 5.53. The van der Waals surface area contributed by atoms with Gasteiger partial charge in [0.1, 0.15) is 12.7 Å². The van der Waals surface area contributed by atoms with Gasteiger partial charge in [-0.05, 0) is 12.2 Å². The number of nitrogens with zero attached hydrogens (tertiary/aromatic N) is 1. The molecule has 1 aromatic heterocycles. The van der Waals surface area contributed by atoms with Crippen LogP contribution in [-0.4, -0.2) is 52.4 Å². The molecule has 1 fully saturated rings. The molecule has 11 heteroatoms. The first-order chi connectivity index (χ1) is 12.2. The number of rotatable bonds is 5. The molecule has 0 aromatic carbocycles. The lowest BCUT2D eigenvalue weighted by Gasteiger charge is -2.24. The SMILES string of the molecule is CC(=O)OC[C@H]1O[C@@H](n2ccc(=O)[nH]c2=S)[C@@H](OC(C)=O)C1OC(C)=O. The summed E-state index contributed by atoms with van der Waals surface area (Å²) >= 11 is 5.11. The summed E-state index contributed by atoms with van der Waals surface area (Å²) in [5.74, 6) is -1.82. The Morgan fingerprint density at radius 2 is 1.77 bits per heavy atom. The minimum Gasteiger partial charge on any atom is -0.463 e. The van der Waals surface area contributed by atoms with Crippen molar-refractivity contribution < 1.29 is 33.3 Å². The van der Waals surface area contributed by atoms with Crippen molar-refractivity contribution in [3.05, 3.63) is 27.4 Å². The Labute approximate surface area is 153 Å². The van der Waals surface area contributed by atoms with Gasteiger partial charge in [-0.2, -0.15) is 0 Å². The smallest absolute Gasteiger partial charge is 0.303 e. The predicted octanol–water partition coefficient (Wildman–Crippen LogP) is 0.230. The van der Waals surface area contributed by atoms with Crippen molar-refractivity contribution in [2.24, 2.45) is 0 Å². The second kappa shape index (κ2) is 8.23. The molecule has 0 radical (unpaired) electrons. The van der Waals surface area contributed by atoms with Gasteiger partial charge >= 0.3 is 17.9 Å². The minimum absolute atomic E-state index is 0.0226. The predicted molar refractivity (Wildman–Crippen MR) is 87.5 cm³/mol. The van der Waals surface area contributed by atoms with E-state index in [2.05, 4.69) is 4.98 Å². The van der Waals surface area contributed by atoms with Crippen LogP contribution in [0.2, 0.25) is 0 Å². The van der Waals surface area contributed by atoms with Crippen LogP contribution in [0.4, 0.5) is 0 Å². The zero-order chi connectivity index (χ0) is 19.4. The zero-order valence-electron chi connectivity index (χ0n) is 14.3. The summed E-state index contributed by atoms with van der Waals surface area (Å²) in [4.78, 5) is 47.9. The van der Waals surface area contributed by atoms with Crippen molar-refractivity contribution in [2.45, 2.75) is 45.3 Å². The molecule has 4 atom stereocenters. The van der Waals surface area contributed by atoms with E-state index in [-0.39, 0.29) is 11.4 Å². The number of carbonyl (C=O) groups excluding carboxylic acids is 3. The molecule has 1 saturated heterocycles. The third-order valence-corrected chi connectivity index (χ3v) is 3.78. The van der Waals surface area contributed by atoms with E-state index in [1.165, 1.54) is 37.6 Å². The number of nitrogens with one attached hydrogen (secondary N) is 1. The second-order valence-corrected chi connectivity index (χ2v) is 5.92. The molecule has 2 rings (SSSR count). The Morgan fingerprint density at radius 1 is 1.15 bits per heavy atom. The van der Waals surface area contributed by atoms with Crippen LogP contribution >= 0.6 is 12.2 Å². The van der Waals surface area contributed by atoms with E-state index in [0.29, 0.717) is 0 Å². The summed E-state index contributed by atoms with van der Waals surface area (Å²) in [5, 5.41) is 0. The highest BCUT2D eigenvalue weighted by atomic mass is 32.1. The first-order valence-corrected chi connectivity index (χ1v) is 8.04. The molecule has 0 saturated carbocycles. The molecule has 2 heterocycles. The Morgan fingerprint density at radius 3 is 2.31 bits per heavy atom. The summed E-state index contributed by atoms with van der Waals surface area (Å²) in [6.45, 7) is 3.37. The van der Waals surface area contributed by atoms with Crippen molar-refractivity contribution in [3.63, 3.8) is 0 Å². The number of ether oxygens (including phenoxy) is 4. The van der Waals surface area contributed by atoms with Crippen LogP contribution in [0.15, 0.2) is 17.1 Å². The number of aromatic amines is 1. The maximum Gasteiger partial charge on any atom is 0.303 e. The first kappa shape index (κ1) is 19.8. The van der Waals surface area contributed by atoms with E-state index in [1.807, 2.05) is 0 Å². The van der Waals surface area contributed by atoms with Gasteiger partial charge in [-0.15, -0.1) is 0 Å². The lowest BCUT2D eigenvalue weighted by atomic mass is 10.1. The topological polar surface area (TPSA) is 126 Å². The molecule has 0 bridgehead atoms.